The molecule has 0 saturated heterocycles. The molecule has 0 aliphatic carbocycles. The molecule has 2 aromatic carbocycles. The fourth-order valence-electron chi connectivity index (χ4n) is 3.55. The Hall–Kier alpha value is -3.19. The molecule has 166 valence electrons. The van der Waals surface area contributed by atoms with Crippen molar-refractivity contribution in [2.45, 2.75) is 36.9 Å². The monoisotopic (exact) mass is 455 g/mol. The van der Waals surface area contributed by atoms with Crippen LogP contribution in [0, 0.1) is 11.3 Å². The fourth-order valence-corrected chi connectivity index (χ4v) is 4.44. The summed E-state index contributed by atoms with van der Waals surface area (Å²) in [5, 5.41) is 9.60. The van der Waals surface area contributed by atoms with Gasteiger partial charge in [0, 0.05) is 23.9 Å². The molecule has 0 unspecified atom stereocenters. The summed E-state index contributed by atoms with van der Waals surface area (Å²) in [4.78, 5) is 11.4. The molecule has 0 bridgehead atoms. The molecular weight excluding hydrogens is 434 g/mol. The van der Waals surface area contributed by atoms with Gasteiger partial charge in [-0.3, -0.25) is 4.18 Å². The number of rotatable bonds is 6. The summed E-state index contributed by atoms with van der Waals surface area (Å²) >= 11 is 0. The van der Waals surface area contributed by atoms with Crippen LogP contribution >= 0.6 is 0 Å². The van der Waals surface area contributed by atoms with E-state index < -0.39 is 21.3 Å². The SMILES string of the molecule is CC1(C)Oc2cc3oc(=O)ccc3cc2C[C@@H]1OCCOS(=O)(=O)c1ccc(C#N)cc1. The molecule has 3 aromatic rings. The van der Waals surface area contributed by atoms with Gasteiger partial charge >= 0.3 is 5.63 Å². The van der Waals surface area contributed by atoms with Crippen molar-refractivity contribution in [1.82, 2.24) is 0 Å². The molecule has 0 fully saturated rings. The Bertz CT molecular complexity index is 1350. The molecule has 1 atom stereocenters. The molecule has 9 heteroatoms. The highest BCUT2D eigenvalue weighted by Gasteiger charge is 2.38. The third kappa shape index (κ3) is 4.53. The molecule has 2 heterocycles. The maximum Gasteiger partial charge on any atom is 0.336 e. The van der Waals surface area contributed by atoms with Crippen molar-refractivity contribution < 1.29 is 26.5 Å². The topological polar surface area (TPSA) is 116 Å². The van der Waals surface area contributed by atoms with Gasteiger partial charge in [-0.25, -0.2) is 4.79 Å². The smallest absolute Gasteiger partial charge is 0.336 e. The molecule has 8 nitrogen and oxygen atoms in total. The van der Waals surface area contributed by atoms with Crippen LogP contribution in [0.15, 0.2) is 62.6 Å². The molecule has 1 aromatic heterocycles. The minimum absolute atomic E-state index is 0.0229. The summed E-state index contributed by atoms with van der Waals surface area (Å²) in [6.07, 6.45) is 0.198. The van der Waals surface area contributed by atoms with Crippen LogP contribution in [-0.2, 0) is 25.5 Å². The van der Waals surface area contributed by atoms with Gasteiger partial charge < -0.3 is 13.9 Å². The Morgan fingerprint density at radius 1 is 1.12 bits per heavy atom. The Morgan fingerprint density at radius 2 is 1.88 bits per heavy atom. The van der Waals surface area contributed by atoms with E-state index in [-0.39, 0.29) is 24.2 Å². The predicted octanol–water partition coefficient (Wildman–Crippen LogP) is 3.17. The minimum Gasteiger partial charge on any atom is -0.485 e. The zero-order valence-electron chi connectivity index (χ0n) is 17.5. The standard InChI is InChI=1S/C23H21NO7S/c1-23(2)21(12-17-11-16-5-8-22(25)30-19(16)13-20(17)31-23)28-9-10-29-32(26,27)18-6-3-15(14-24)4-7-18/h3-8,11,13,21H,9-10,12H2,1-2H3/t21-/m0/s1. The van der Waals surface area contributed by atoms with E-state index in [9.17, 15) is 13.2 Å². The van der Waals surface area contributed by atoms with Crippen molar-refractivity contribution in [3.63, 3.8) is 0 Å². The molecule has 1 aliphatic rings. The van der Waals surface area contributed by atoms with Crippen LogP contribution < -0.4 is 10.4 Å². The largest absolute Gasteiger partial charge is 0.485 e. The van der Waals surface area contributed by atoms with Gasteiger partial charge in [0.25, 0.3) is 10.1 Å². The van der Waals surface area contributed by atoms with Crippen LogP contribution in [0.5, 0.6) is 5.75 Å². The summed E-state index contributed by atoms with van der Waals surface area (Å²) in [7, 11) is -3.95. The Morgan fingerprint density at radius 3 is 2.59 bits per heavy atom. The van der Waals surface area contributed by atoms with Crippen LogP contribution in [0.4, 0.5) is 0 Å². The van der Waals surface area contributed by atoms with Crippen LogP contribution in [0.1, 0.15) is 25.0 Å². The number of benzene rings is 2. The van der Waals surface area contributed by atoms with Crippen molar-refractivity contribution in [2.75, 3.05) is 13.2 Å². The first-order valence-corrected chi connectivity index (χ1v) is 11.4. The Balaban J connectivity index is 1.41. The van der Waals surface area contributed by atoms with Gasteiger partial charge in [-0.05, 0) is 55.8 Å². The highest BCUT2D eigenvalue weighted by Crippen LogP contribution is 2.37. The van der Waals surface area contributed by atoms with Crippen molar-refractivity contribution in [3.8, 4) is 11.8 Å². The van der Waals surface area contributed by atoms with Crippen LogP contribution in [-0.4, -0.2) is 33.3 Å². The minimum atomic E-state index is -3.95. The third-order valence-electron chi connectivity index (χ3n) is 5.27. The molecule has 0 saturated carbocycles. The predicted molar refractivity (Wildman–Crippen MR) is 115 cm³/mol. The molecular formula is C23H21NO7S. The van der Waals surface area contributed by atoms with E-state index >= 15 is 0 Å². The average Bonchev–Trinajstić information content (AvgIpc) is 2.75. The van der Waals surface area contributed by atoms with Gasteiger partial charge in [-0.15, -0.1) is 0 Å². The second kappa shape index (κ2) is 8.39. The normalized spacial score (nSPS) is 17.3. The first kappa shape index (κ1) is 22.0. The summed E-state index contributed by atoms with van der Waals surface area (Å²) in [6.45, 7) is 3.63. The van der Waals surface area contributed by atoms with Gasteiger partial charge in [-0.1, -0.05) is 0 Å². The first-order valence-electron chi connectivity index (χ1n) is 9.95. The summed E-state index contributed by atoms with van der Waals surface area (Å²) < 4.78 is 46.9. The number of hydrogen-bond acceptors (Lipinski definition) is 8. The third-order valence-corrected chi connectivity index (χ3v) is 6.60. The summed E-state index contributed by atoms with van der Waals surface area (Å²) in [5.41, 5.74) is 0.600. The van der Waals surface area contributed by atoms with E-state index in [0.717, 1.165) is 10.9 Å². The number of nitriles is 1. The summed E-state index contributed by atoms with van der Waals surface area (Å²) in [5.74, 6) is 0.622. The zero-order valence-corrected chi connectivity index (χ0v) is 18.3. The van der Waals surface area contributed by atoms with E-state index in [1.807, 2.05) is 26.0 Å². The van der Waals surface area contributed by atoms with E-state index in [0.29, 0.717) is 23.3 Å². The van der Waals surface area contributed by atoms with Crippen molar-refractivity contribution >= 4 is 21.1 Å². The van der Waals surface area contributed by atoms with Crippen LogP contribution in [0.2, 0.25) is 0 Å². The van der Waals surface area contributed by atoms with Gasteiger partial charge in [-0.2, -0.15) is 13.7 Å². The van der Waals surface area contributed by atoms with Gasteiger partial charge in [0.2, 0.25) is 0 Å². The van der Waals surface area contributed by atoms with E-state index in [2.05, 4.69) is 0 Å². The lowest BCUT2D eigenvalue weighted by Crippen LogP contribution is -2.48. The maximum atomic E-state index is 12.3. The molecule has 0 N–H and O–H groups in total. The van der Waals surface area contributed by atoms with E-state index in [4.69, 9.17) is 23.3 Å². The van der Waals surface area contributed by atoms with Gasteiger partial charge in [0.05, 0.1) is 29.7 Å². The lowest BCUT2D eigenvalue weighted by Gasteiger charge is -2.39. The van der Waals surface area contributed by atoms with Crippen LogP contribution in [0.3, 0.4) is 0 Å². The highest BCUT2D eigenvalue weighted by molar-refractivity contribution is 7.86. The molecule has 0 radical (unpaired) electrons. The Labute approximate surface area is 185 Å². The fraction of sp³-hybridized carbons (Fsp3) is 0.304. The number of nitrogens with zero attached hydrogens (tertiary/aromatic N) is 1. The van der Waals surface area contributed by atoms with Crippen LogP contribution in [0.25, 0.3) is 11.0 Å². The van der Waals surface area contributed by atoms with E-state index in [1.165, 1.54) is 30.3 Å². The number of ether oxygens (including phenoxy) is 2. The lowest BCUT2D eigenvalue weighted by atomic mass is 9.90. The van der Waals surface area contributed by atoms with E-state index in [1.54, 1.807) is 12.1 Å². The highest BCUT2D eigenvalue weighted by atomic mass is 32.2. The molecule has 0 spiro atoms. The van der Waals surface area contributed by atoms with Gasteiger partial charge in [0.15, 0.2) is 0 Å². The molecule has 32 heavy (non-hydrogen) atoms. The van der Waals surface area contributed by atoms with Crippen molar-refractivity contribution in [1.29, 1.82) is 5.26 Å². The summed E-state index contributed by atoms with van der Waals surface area (Å²) in [6, 6.07) is 14.1. The quantitative estimate of drug-likeness (QED) is 0.316. The lowest BCUT2D eigenvalue weighted by molar-refractivity contribution is -0.0881. The van der Waals surface area contributed by atoms with Gasteiger partial charge in [0.1, 0.15) is 23.0 Å². The maximum absolute atomic E-state index is 12.3. The second-order valence-corrected chi connectivity index (χ2v) is 9.55. The number of fused-ring (bicyclic) bond motifs is 2. The Kier molecular flexibility index (Phi) is 5.77. The molecule has 1 aliphatic heterocycles. The second-order valence-electron chi connectivity index (χ2n) is 7.93. The molecule has 0 amide bonds. The van der Waals surface area contributed by atoms with Crippen molar-refractivity contribution in [2.24, 2.45) is 0 Å². The zero-order chi connectivity index (χ0) is 22.9. The number of hydrogen-bond donors (Lipinski definition) is 0. The van der Waals surface area contributed by atoms with Crippen molar-refractivity contribution in [3.05, 3.63) is 70.1 Å². The molecule has 4 rings (SSSR count). The first-order chi connectivity index (χ1) is 15.2. The average molecular weight is 455 g/mol.